The highest BCUT2D eigenvalue weighted by Gasteiger charge is 2.57. The summed E-state index contributed by atoms with van der Waals surface area (Å²) in [6.07, 6.45) is 5.78. The molecule has 1 aliphatic heterocycles. The molecule has 8 nitrogen and oxygen atoms in total. The lowest BCUT2D eigenvalue weighted by Gasteiger charge is -2.56. The van der Waals surface area contributed by atoms with Crippen molar-refractivity contribution < 1.29 is 29.0 Å². The number of nitrogens with zero attached hydrogens (tertiary/aromatic N) is 1. The van der Waals surface area contributed by atoms with Gasteiger partial charge in [0.25, 0.3) is 5.91 Å². The van der Waals surface area contributed by atoms with E-state index in [2.05, 4.69) is 5.32 Å². The maximum atomic E-state index is 13.7. The van der Waals surface area contributed by atoms with Crippen molar-refractivity contribution in [1.82, 2.24) is 10.2 Å². The lowest BCUT2D eigenvalue weighted by molar-refractivity contribution is -0.166. The van der Waals surface area contributed by atoms with Gasteiger partial charge in [0.2, 0.25) is 5.91 Å². The number of carbonyl (C=O) groups is 3. The van der Waals surface area contributed by atoms with Crippen LogP contribution in [0, 0.1) is 23.2 Å². The van der Waals surface area contributed by atoms with Crippen molar-refractivity contribution in [3.63, 3.8) is 0 Å². The zero-order valence-electron chi connectivity index (χ0n) is 19.7. The Kier molecular flexibility index (Phi) is 6.27. The van der Waals surface area contributed by atoms with E-state index >= 15 is 0 Å². The number of benzene rings is 1. The van der Waals surface area contributed by atoms with E-state index in [4.69, 9.17) is 9.47 Å². The van der Waals surface area contributed by atoms with Crippen molar-refractivity contribution in [2.24, 2.45) is 23.2 Å². The number of ether oxygens (including phenoxy) is 2. The van der Waals surface area contributed by atoms with Crippen LogP contribution in [0.3, 0.4) is 0 Å². The number of likely N-dealkylation sites (tertiary alicyclic amines) is 1. The summed E-state index contributed by atoms with van der Waals surface area (Å²) in [6.45, 7) is -0.0283. The number of aliphatic hydroxyl groups excluding tert-OH is 1. The van der Waals surface area contributed by atoms with E-state index in [0.29, 0.717) is 23.5 Å². The maximum absolute atomic E-state index is 13.7. The van der Waals surface area contributed by atoms with E-state index in [0.717, 1.165) is 24.8 Å². The fourth-order valence-electron chi connectivity index (χ4n) is 7.27. The molecule has 6 rings (SSSR count). The first-order chi connectivity index (χ1) is 16.4. The lowest BCUT2D eigenvalue weighted by atomic mass is 9.49. The summed E-state index contributed by atoms with van der Waals surface area (Å²) in [7, 11) is 1.56. The second-order valence-corrected chi connectivity index (χ2v) is 10.8. The first-order valence-electron chi connectivity index (χ1n) is 12.4. The zero-order valence-corrected chi connectivity index (χ0v) is 19.7. The third-order valence-electron chi connectivity index (χ3n) is 8.32. The number of nitrogens with one attached hydrogen (secondary N) is 1. The fourth-order valence-corrected chi connectivity index (χ4v) is 7.27. The number of esters is 1. The van der Waals surface area contributed by atoms with Crippen LogP contribution in [0.15, 0.2) is 24.3 Å². The zero-order chi connectivity index (χ0) is 23.9. The summed E-state index contributed by atoms with van der Waals surface area (Å²) in [5, 5.41) is 13.0. The smallest absolute Gasteiger partial charge is 0.329 e. The van der Waals surface area contributed by atoms with Gasteiger partial charge in [0.05, 0.1) is 18.6 Å². The normalized spacial score (nSPS) is 33.6. The largest absolute Gasteiger partial charge is 0.496 e. The van der Waals surface area contributed by atoms with Crippen LogP contribution in [0.4, 0.5) is 0 Å². The van der Waals surface area contributed by atoms with E-state index in [9.17, 15) is 19.5 Å². The molecule has 4 saturated carbocycles. The number of amides is 2. The van der Waals surface area contributed by atoms with Gasteiger partial charge in [0.1, 0.15) is 11.8 Å². The van der Waals surface area contributed by atoms with Gasteiger partial charge < -0.3 is 24.8 Å². The van der Waals surface area contributed by atoms with E-state index in [1.807, 2.05) is 24.3 Å². The Morgan fingerprint density at radius 1 is 1.06 bits per heavy atom. The number of hydrogen-bond acceptors (Lipinski definition) is 6. The van der Waals surface area contributed by atoms with Gasteiger partial charge in [-0.15, -0.1) is 0 Å². The number of para-hydroxylation sites is 1. The first-order valence-corrected chi connectivity index (χ1v) is 12.4. The minimum atomic E-state index is -0.836. The number of carbonyl (C=O) groups excluding carboxylic acids is 3. The maximum Gasteiger partial charge on any atom is 0.329 e. The van der Waals surface area contributed by atoms with Gasteiger partial charge >= 0.3 is 5.97 Å². The molecule has 1 heterocycles. The Bertz CT molecular complexity index is 927. The minimum absolute atomic E-state index is 0.00530. The molecule has 184 valence electrons. The van der Waals surface area contributed by atoms with E-state index in [1.54, 1.807) is 12.0 Å². The molecule has 1 aromatic rings. The Hall–Kier alpha value is -2.61. The third kappa shape index (κ3) is 4.40. The molecule has 1 saturated heterocycles. The predicted molar refractivity (Wildman–Crippen MR) is 123 cm³/mol. The molecule has 0 radical (unpaired) electrons. The lowest BCUT2D eigenvalue weighted by Crippen LogP contribution is -2.56. The SMILES string of the molecule is COc1ccccc1CNC(=O)COC(=O)C1CC(O)CN1C(=O)C12CC3CC(CC(C3)C1)C2. The highest BCUT2D eigenvalue weighted by atomic mass is 16.5. The summed E-state index contributed by atoms with van der Waals surface area (Å²) in [4.78, 5) is 40.5. The quantitative estimate of drug-likeness (QED) is 0.591. The molecule has 2 unspecified atom stereocenters. The van der Waals surface area contributed by atoms with Crippen molar-refractivity contribution >= 4 is 17.8 Å². The highest BCUT2D eigenvalue weighted by molar-refractivity contribution is 5.90. The summed E-state index contributed by atoms with van der Waals surface area (Å²) in [6, 6.07) is 6.52. The Morgan fingerprint density at radius 2 is 1.71 bits per heavy atom. The standard InChI is InChI=1S/C26H34N2O6/c1-33-22-5-3-2-4-19(22)13-27-23(30)15-34-24(31)21-9-20(29)14-28(21)25(32)26-10-16-6-17(11-26)8-18(7-16)12-26/h2-5,16-18,20-21,29H,6-15H2,1H3,(H,27,30). The van der Waals surface area contributed by atoms with Crippen LogP contribution in [-0.2, 0) is 25.7 Å². The molecular weight excluding hydrogens is 436 g/mol. The van der Waals surface area contributed by atoms with Gasteiger partial charge in [-0.05, 0) is 62.3 Å². The van der Waals surface area contributed by atoms with Gasteiger partial charge in [0, 0.05) is 25.1 Å². The van der Waals surface area contributed by atoms with Crippen molar-refractivity contribution in [2.75, 3.05) is 20.3 Å². The minimum Gasteiger partial charge on any atom is -0.496 e. The molecule has 0 spiro atoms. The molecule has 8 heteroatoms. The molecule has 4 bridgehead atoms. The molecule has 4 aliphatic carbocycles. The van der Waals surface area contributed by atoms with Crippen molar-refractivity contribution in [3.05, 3.63) is 29.8 Å². The topological polar surface area (TPSA) is 105 Å². The van der Waals surface area contributed by atoms with Crippen molar-refractivity contribution in [3.8, 4) is 5.75 Å². The summed E-state index contributed by atoms with van der Waals surface area (Å²) in [5.41, 5.74) is 0.430. The van der Waals surface area contributed by atoms with Crippen LogP contribution >= 0.6 is 0 Å². The van der Waals surface area contributed by atoms with Crippen LogP contribution in [0.1, 0.15) is 50.5 Å². The number of rotatable bonds is 7. The van der Waals surface area contributed by atoms with Gasteiger partial charge in [-0.2, -0.15) is 0 Å². The van der Waals surface area contributed by atoms with Crippen molar-refractivity contribution in [2.45, 2.75) is 63.6 Å². The molecule has 0 aromatic heterocycles. The number of aliphatic hydroxyl groups is 1. The second kappa shape index (κ2) is 9.21. The summed E-state index contributed by atoms with van der Waals surface area (Å²) < 4.78 is 10.6. The van der Waals surface area contributed by atoms with Crippen LogP contribution in [0.2, 0.25) is 0 Å². The number of hydrogen-bond donors (Lipinski definition) is 2. The number of β-amino-alcohol motifs (C(OH)–C–C–N with tert-alkyl or cyclic N) is 1. The molecule has 5 aliphatic rings. The number of methoxy groups -OCH3 is 1. The van der Waals surface area contributed by atoms with E-state index < -0.39 is 30.6 Å². The molecule has 34 heavy (non-hydrogen) atoms. The van der Waals surface area contributed by atoms with Gasteiger partial charge in [-0.3, -0.25) is 9.59 Å². The van der Waals surface area contributed by atoms with Gasteiger partial charge in [-0.25, -0.2) is 4.79 Å². The highest BCUT2D eigenvalue weighted by Crippen LogP contribution is 2.60. The Morgan fingerprint density at radius 3 is 2.35 bits per heavy atom. The average molecular weight is 471 g/mol. The third-order valence-corrected chi connectivity index (χ3v) is 8.32. The van der Waals surface area contributed by atoms with Gasteiger partial charge in [0.15, 0.2) is 6.61 Å². The first kappa shape index (κ1) is 23.1. The summed E-state index contributed by atoms with van der Waals surface area (Å²) in [5.74, 6) is 1.45. The molecule has 2 atom stereocenters. The van der Waals surface area contributed by atoms with Crippen LogP contribution in [-0.4, -0.2) is 60.2 Å². The summed E-state index contributed by atoms with van der Waals surface area (Å²) >= 11 is 0. The van der Waals surface area contributed by atoms with Crippen LogP contribution < -0.4 is 10.1 Å². The van der Waals surface area contributed by atoms with E-state index in [-0.39, 0.29) is 30.8 Å². The molecule has 2 N–H and O–H groups in total. The average Bonchev–Trinajstić information content (AvgIpc) is 3.21. The van der Waals surface area contributed by atoms with Crippen LogP contribution in [0.5, 0.6) is 5.75 Å². The molecule has 2 amide bonds. The van der Waals surface area contributed by atoms with Crippen molar-refractivity contribution in [1.29, 1.82) is 0 Å². The Balaban J connectivity index is 1.18. The second-order valence-electron chi connectivity index (χ2n) is 10.8. The fraction of sp³-hybridized carbons (Fsp3) is 0.654. The van der Waals surface area contributed by atoms with E-state index in [1.165, 1.54) is 19.3 Å². The predicted octanol–water partition coefficient (Wildman–Crippen LogP) is 2.03. The Labute approximate surface area is 200 Å². The monoisotopic (exact) mass is 470 g/mol. The van der Waals surface area contributed by atoms with Crippen LogP contribution in [0.25, 0.3) is 0 Å². The molecule has 5 fully saturated rings. The molecular formula is C26H34N2O6. The van der Waals surface area contributed by atoms with Gasteiger partial charge in [-0.1, -0.05) is 18.2 Å². The molecule has 1 aromatic carbocycles.